The van der Waals surface area contributed by atoms with Gasteiger partial charge in [-0.2, -0.15) is 0 Å². The number of nitrogens with zero attached hydrogens (tertiary/aromatic N) is 2. The van der Waals surface area contributed by atoms with Crippen molar-refractivity contribution in [3.63, 3.8) is 0 Å². The Bertz CT molecular complexity index is 300. The second-order valence-corrected chi connectivity index (χ2v) is 2.99. The Morgan fingerprint density at radius 1 is 1.43 bits per heavy atom. The predicted molar refractivity (Wildman–Crippen MR) is 58.8 cm³/mol. The Kier molecular flexibility index (Phi) is 3.45. The van der Waals surface area contributed by atoms with Gasteiger partial charge in [-0.1, -0.05) is 0 Å². The van der Waals surface area contributed by atoms with E-state index in [9.17, 15) is 0 Å². The Balaban J connectivity index is 2.87. The van der Waals surface area contributed by atoms with Crippen LogP contribution in [0.5, 0.6) is 0 Å². The number of hydrogen-bond acceptors (Lipinski definition) is 3. The quantitative estimate of drug-likeness (QED) is 0.556. The fraction of sp³-hybridized carbons (Fsp3) is 0.400. The molecule has 0 radical (unpaired) electrons. The van der Waals surface area contributed by atoms with E-state index in [0.717, 1.165) is 18.9 Å². The molecule has 0 aliphatic rings. The van der Waals surface area contributed by atoms with Crippen molar-refractivity contribution in [2.45, 2.75) is 13.8 Å². The molecule has 0 fully saturated rings. The van der Waals surface area contributed by atoms with Crippen LogP contribution in [0.25, 0.3) is 0 Å². The lowest BCUT2D eigenvalue weighted by Gasteiger charge is -2.19. The van der Waals surface area contributed by atoms with Crippen molar-refractivity contribution in [3.8, 4) is 0 Å². The Morgan fingerprint density at radius 3 is 2.43 bits per heavy atom. The van der Waals surface area contributed by atoms with E-state index in [2.05, 4.69) is 23.7 Å². The van der Waals surface area contributed by atoms with Gasteiger partial charge in [-0.15, -0.1) is 0 Å². The lowest BCUT2D eigenvalue weighted by atomic mass is 10.2. The van der Waals surface area contributed by atoms with Crippen LogP contribution < -0.4 is 10.6 Å². The van der Waals surface area contributed by atoms with E-state index in [-0.39, 0.29) is 5.84 Å². The molecule has 0 aromatic carbocycles. The van der Waals surface area contributed by atoms with E-state index in [1.807, 2.05) is 12.1 Å². The molecular weight excluding hydrogens is 176 g/mol. The van der Waals surface area contributed by atoms with Gasteiger partial charge in [-0.3, -0.25) is 5.41 Å². The van der Waals surface area contributed by atoms with Gasteiger partial charge in [-0.05, 0) is 26.0 Å². The van der Waals surface area contributed by atoms with E-state index in [1.165, 1.54) is 0 Å². The van der Waals surface area contributed by atoms with Crippen molar-refractivity contribution in [2.24, 2.45) is 5.73 Å². The maximum atomic E-state index is 7.23. The monoisotopic (exact) mass is 192 g/mol. The number of amidine groups is 1. The molecule has 4 heteroatoms. The summed E-state index contributed by atoms with van der Waals surface area (Å²) in [5.74, 6) is 0.989. The van der Waals surface area contributed by atoms with Gasteiger partial charge < -0.3 is 10.6 Å². The molecule has 0 aliphatic carbocycles. The van der Waals surface area contributed by atoms with Crippen LogP contribution in [0.2, 0.25) is 0 Å². The summed E-state index contributed by atoms with van der Waals surface area (Å²) in [6.45, 7) is 6.04. The van der Waals surface area contributed by atoms with E-state index in [0.29, 0.717) is 5.56 Å². The molecule has 3 N–H and O–H groups in total. The summed E-state index contributed by atoms with van der Waals surface area (Å²) in [4.78, 5) is 6.39. The average Bonchev–Trinajstić information content (AvgIpc) is 2.20. The number of anilines is 1. The topological polar surface area (TPSA) is 66.0 Å². The first-order valence-electron chi connectivity index (χ1n) is 4.74. The zero-order valence-corrected chi connectivity index (χ0v) is 8.62. The molecule has 0 saturated heterocycles. The van der Waals surface area contributed by atoms with Crippen LogP contribution in [0.4, 0.5) is 5.82 Å². The zero-order valence-electron chi connectivity index (χ0n) is 8.62. The van der Waals surface area contributed by atoms with Gasteiger partial charge >= 0.3 is 0 Å². The van der Waals surface area contributed by atoms with Crippen molar-refractivity contribution in [2.75, 3.05) is 18.0 Å². The molecule has 4 nitrogen and oxygen atoms in total. The lowest BCUT2D eigenvalue weighted by molar-refractivity contribution is 0.846. The summed E-state index contributed by atoms with van der Waals surface area (Å²) < 4.78 is 0. The second-order valence-electron chi connectivity index (χ2n) is 2.99. The zero-order chi connectivity index (χ0) is 10.6. The van der Waals surface area contributed by atoms with Crippen LogP contribution in [-0.4, -0.2) is 23.9 Å². The highest BCUT2D eigenvalue weighted by Crippen LogP contribution is 2.10. The highest BCUT2D eigenvalue weighted by molar-refractivity contribution is 5.94. The van der Waals surface area contributed by atoms with Gasteiger partial charge in [0.1, 0.15) is 11.7 Å². The third-order valence-corrected chi connectivity index (χ3v) is 2.15. The molecule has 1 rings (SSSR count). The summed E-state index contributed by atoms with van der Waals surface area (Å²) in [7, 11) is 0. The van der Waals surface area contributed by atoms with Crippen molar-refractivity contribution in [1.29, 1.82) is 5.41 Å². The van der Waals surface area contributed by atoms with Gasteiger partial charge in [0.05, 0.1) is 0 Å². The predicted octanol–water partition coefficient (Wildman–Crippen LogP) is 1.21. The maximum Gasteiger partial charge on any atom is 0.128 e. The fourth-order valence-corrected chi connectivity index (χ4v) is 1.28. The van der Waals surface area contributed by atoms with Crippen LogP contribution in [-0.2, 0) is 0 Å². The molecule has 0 atom stereocenters. The maximum absolute atomic E-state index is 7.23. The van der Waals surface area contributed by atoms with E-state index < -0.39 is 0 Å². The molecule has 1 aromatic rings. The van der Waals surface area contributed by atoms with E-state index >= 15 is 0 Å². The normalized spacial score (nSPS) is 9.86. The smallest absolute Gasteiger partial charge is 0.128 e. The van der Waals surface area contributed by atoms with Crippen molar-refractivity contribution >= 4 is 11.7 Å². The largest absolute Gasteiger partial charge is 0.384 e. The minimum absolute atomic E-state index is 0.0589. The molecule has 1 aromatic heterocycles. The molecule has 76 valence electrons. The summed E-state index contributed by atoms with van der Waals surface area (Å²) in [6, 6.07) is 3.72. The van der Waals surface area contributed by atoms with Crippen LogP contribution >= 0.6 is 0 Å². The minimum Gasteiger partial charge on any atom is -0.384 e. The first-order valence-corrected chi connectivity index (χ1v) is 4.74. The lowest BCUT2D eigenvalue weighted by Crippen LogP contribution is -2.23. The first kappa shape index (κ1) is 10.5. The number of nitrogen functional groups attached to an aromatic ring is 1. The summed E-state index contributed by atoms with van der Waals surface area (Å²) >= 11 is 0. The molecule has 0 aliphatic heterocycles. The van der Waals surface area contributed by atoms with Crippen LogP contribution in [0.1, 0.15) is 19.4 Å². The Morgan fingerprint density at radius 2 is 2.07 bits per heavy atom. The van der Waals surface area contributed by atoms with Gasteiger partial charge in [0.25, 0.3) is 0 Å². The van der Waals surface area contributed by atoms with Gasteiger partial charge in [-0.25, -0.2) is 4.98 Å². The summed E-state index contributed by atoms with van der Waals surface area (Å²) in [5.41, 5.74) is 6.00. The third kappa shape index (κ3) is 2.22. The molecule has 0 bridgehead atoms. The van der Waals surface area contributed by atoms with E-state index in [4.69, 9.17) is 11.1 Å². The Hall–Kier alpha value is -1.58. The Labute approximate surface area is 84.3 Å². The number of nitrogens with one attached hydrogen (secondary N) is 1. The summed E-state index contributed by atoms with van der Waals surface area (Å²) in [5, 5.41) is 7.23. The molecule has 1 heterocycles. The minimum atomic E-state index is 0.0589. The molecule has 0 spiro atoms. The summed E-state index contributed by atoms with van der Waals surface area (Å²) in [6.07, 6.45) is 1.63. The fourth-order valence-electron chi connectivity index (χ4n) is 1.28. The van der Waals surface area contributed by atoms with Crippen LogP contribution in [0.3, 0.4) is 0 Å². The van der Waals surface area contributed by atoms with Gasteiger partial charge in [0.2, 0.25) is 0 Å². The average molecular weight is 192 g/mol. The van der Waals surface area contributed by atoms with Crippen molar-refractivity contribution < 1.29 is 0 Å². The third-order valence-electron chi connectivity index (χ3n) is 2.15. The van der Waals surface area contributed by atoms with E-state index in [1.54, 1.807) is 6.20 Å². The van der Waals surface area contributed by atoms with Gasteiger partial charge in [0.15, 0.2) is 0 Å². The van der Waals surface area contributed by atoms with Crippen LogP contribution in [0.15, 0.2) is 18.3 Å². The number of nitrogens with two attached hydrogens (primary N) is 1. The second kappa shape index (κ2) is 4.60. The highest BCUT2D eigenvalue weighted by Gasteiger charge is 2.03. The highest BCUT2D eigenvalue weighted by atomic mass is 15.2. The molecule has 0 amide bonds. The SMILES string of the molecule is CCN(CC)c1ccc(C(=N)N)cn1. The van der Waals surface area contributed by atoms with Crippen molar-refractivity contribution in [3.05, 3.63) is 23.9 Å². The number of rotatable bonds is 4. The number of hydrogen-bond donors (Lipinski definition) is 2. The molecular formula is C10H16N4. The molecule has 0 unspecified atom stereocenters. The number of aromatic nitrogens is 1. The van der Waals surface area contributed by atoms with Crippen LogP contribution in [0, 0.1) is 5.41 Å². The van der Waals surface area contributed by atoms with Gasteiger partial charge in [0, 0.05) is 24.8 Å². The number of pyridine rings is 1. The standard InChI is InChI=1S/C10H16N4/c1-3-14(4-2)9-6-5-8(7-13-9)10(11)12/h5-7H,3-4H2,1-2H3,(H3,11,12). The molecule has 0 saturated carbocycles. The first-order chi connectivity index (χ1) is 6.69. The van der Waals surface area contributed by atoms with Crippen molar-refractivity contribution in [1.82, 2.24) is 4.98 Å². The molecule has 14 heavy (non-hydrogen) atoms.